The summed E-state index contributed by atoms with van der Waals surface area (Å²) in [7, 11) is 1.88. The maximum absolute atomic E-state index is 11.0. The molecule has 156 valence electrons. The van der Waals surface area contributed by atoms with E-state index in [9.17, 15) is 10.1 Å². The van der Waals surface area contributed by atoms with E-state index < -0.39 is 4.92 Å². The molecule has 0 fully saturated rings. The fourth-order valence-corrected chi connectivity index (χ4v) is 3.29. The molecule has 0 amide bonds. The monoisotopic (exact) mass is 414 g/mol. The molecule has 1 N–H and O–H groups in total. The Bertz CT molecular complexity index is 1190. The molecule has 1 heterocycles. The van der Waals surface area contributed by atoms with E-state index in [2.05, 4.69) is 10.3 Å². The zero-order valence-electron chi connectivity index (χ0n) is 17.1. The fourth-order valence-electron chi connectivity index (χ4n) is 3.29. The van der Waals surface area contributed by atoms with Crippen molar-refractivity contribution in [3.63, 3.8) is 0 Å². The van der Waals surface area contributed by atoms with Gasteiger partial charge in [-0.15, -0.1) is 0 Å². The first-order chi connectivity index (χ1) is 15.1. The number of nitrogens with zero attached hydrogens (tertiary/aromatic N) is 3. The molecule has 4 rings (SSSR count). The number of aromatic nitrogens is 2. The molecule has 7 heteroatoms. The van der Waals surface area contributed by atoms with Crippen LogP contribution in [0.3, 0.4) is 0 Å². The number of non-ortho nitro benzene ring substituents is 1. The van der Waals surface area contributed by atoms with Gasteiger partial charge in [-0.05, 0) is 23.3 Å². The number of ether oxygens (including phenoxy) is 1. The highest BCUT2D eigenvalue weighted by Crippen LogP contribution is 2.26. The lowest BCUT2D eigenvalue weighted by Gasteiger charge is -2.10. The van der Waals surface area contributed by atoms with Crippen LogP contribution in [0.2, 0.25) is 0 Å². The van der Waals surface area contributed by atoms with Gasteiger partial charge in [-0.3, -0.25) is 10.1 Å². The molecular weight excluding hydrogens is 392 g/mol. The minimum absolute atomic E-state index is 0.0560. The van der Waals surface area contributed by atoms with Gasteiger partial charge in [0, 0.05) is 31.3 Å². The molecule has 3 aromatic carbocycles. The Morgan fingerprint density at radius 2 is 1.77 bits per heavy atom. The first kappa shape index (κ1) is 20.2. The topological polar surface area (TPSA) is 82.2 Å². The van der Waals surface area contributed by atoms with Crippen LogP contribution in [0, 0.1) is 10.1 Å². The van der Waals surface area contributed by atoms with Gasteiger partial charge in [0.05, 0.1) is 16.8 Å². The molecule has 0 aliphatic rings. The predicted molar refractivity (Wildman–Crippen MR) is 120 cm³/mol. The molecule has 31 heavy (non-hydrogen) atoms. The molecule has 0 saturated carbocycles. The molecule has 0 bridgehead atoms. The van der Waals surface area contributed by atoms with Crippen LogP contribution in [0.1, 0.15) is 11.1 Å². The van der Waals surface area contributed by atoms with Crippen LogP contribution in [0.4, 0.5) is 11.6 Å². The van der Waals surface area contributed by atoms with Crippen molar-refractivity contribution in [2.24, 2.45) is 7.05 Å². The third kappa shape index (κ3) is 4.90. The summed E-state index contributed by atoms with van der Waals surface area (Å²) in [6.45, 7) is 1.09. The summed E-state index contributed by atoms with van der Waals surface area (Å²) in [6, 6.07) is 24.5. The van der Waals surface area contributed by atoms with Crippen molar-refractivity contribution in [3.8, 4) is 17.0 Å². The summed E-state index contributed by atoms with van der Waals surface area (Å²) in [5, 5.41) is 14.4. The van der Waals surface area contributed by atoms with Crippen molar-refractivity contribution >= 4 is 11.6 Å². The van der Waals surface area contributed by atoms with Crippen LogP contribution in [-0.4, -0.2) is 14.5 Å². The predicted octanol–water partition coefficient (Wildman–Crippen LogP) is 5.19. The third-order valence-electron chi connectivity index (χ3n) is 4.94. The Morgan fingerprint density at radius 1 is 1.00 bits per heavy atom. The Morgan fingerprint density at radius 3 is 2.58 bits per heavy atom. The molecule has 0 radical (unpaired) electrons. The lowest BCUT2D eigenvalue weighted by atomic mass is 10.1. The van der Waals surface area contributed by atoms with Gasteiger partial charge in [-0.2, -0.15) is 0 Å². The molecule has 0 saturated heterocycles. The maximum atomic E-state index is 11.0. The van der Waals surface area contributed by atoms with Crippen molar-refractivity contribution in [2.45, 2.75) is 13.2 Å². The highest BCUT2D eigenvalue weighted by atomic mass is 16.6. The van der Waals surface area contributed by atoms with E-state index in [-0.39, 0.29) is 5.69 Å². The number of nitro groups is 1. The number of rotatable bonds is 8. The molecule has 0 spiro atoms. The lowest BCUT2D eigenvalue weighted by molar-refractivity contribution is -0.384. The second-order valence-corrected chi connectivity index (χ2v) is 7.11. The standard InChI is InChI=1S/C24H22N4O3/c1-27-23(20-10-6-11-21(14-20)28(29)30)16-26-24(27)25-15-19-9-5-12-22(13-19)31-17-18-7-3-2-4-8-18/h2-14,16H,15,17H2,1H3,(H,25,26). The van der Waals surface area contributed by atoms with Crippen molar-refractivity contribution in [1.82, 2.24) is 9.55 Å². The van der Waals surface area contributed by atoms with Crippen molar-refractivity contribution < 1.29 is 9.66 Å². The Balaban J connectivity index is 1.42. The number of nitrogens with one attached hydrogen (secondary N) is 1. The number of benzene rings is 3. The minimum atomic E-state index is -0.397. The zero-order chi connectivity index (χ0) is 21.6. The van der Waals surface area contributed by atoms with Crippen LogP contribution in [-0.2, 0) is 20.2 Å². The van der Waals surface area contributed by atoms with Crippen molar-refractivity contribution in [1.29, 1.82) is 0 Å². The normalized spacial score (nSPS) is 10.6. The molecule has 0 aliphatic carbocycles. The van der Waals surface area contributed by atoms with Crippen LogP contribution < -0.4 is 10.1 Å². The lowest BCUT2D eigenvalue weighted by Crippen LogP contribution is -2.06. The number of hydrogen-bond donors (Lipinski definition) is 1. The number of imidazole rings is 1. The van der Waals surface area contributed by atoms with Gasteiger partial charge in [-0.1, -0.05) is 54.6 Å². The molecular formula is C24H22N4O3. The van der Waals surface area contributed by atoms with Gasteiger partial charge in [0.25, 0.3) is 5.69 Å². The number of anilines is 1. The molecule has 0 aliphatic heterocycles. The van der Waals surface area contributed by atoms with Crippen LogP contribution in [0.25, 0.3) is 11.3 Å². The van der Waals surface area contributed by atoms with Crippen LogP contribution >= 0.6 is 0 Å². The quantitative estimate of drug-likeness (QED) is 0.317. The first-order valence-electron chi connectivity index (χ1n) is 9.86. The molecule has 7 nitrogen and oxygen atoms in total. The largest absolute Gasteiger partial charge is 0.489 e. The second-order valence-electron chi connectivity index (χ2n) is 7.11. The maximum Gasteiger partial charge on any atom is 0.270 e. The van der Waals surface area contributed by atoms with E-state index in [4.69, 9.17) is 4.74 Å². The van der Waals surface area contributed by atoms with E-state index in [1.807, 2.05) is 72.3 Å². The van der Waals surface area contributed by atoms with Crippen LogP contribution in [0.5, 0.6) is 5.75 Å². The van der Waals surface area contributed by atoms with Gasteiger partial charge in [-0.25, -0.2) is 4.98 Å². The molecule has 0 unspecified atom stereocenters. The van der Waals surface area contributed by atoms with Crippen molar-refractivity contribution in [2.75, 3.05) is 5.32 Å². The average Bonchev–Trinajstić information content (AvgIpc) is 3.17. The van der Waals surface area contributed by atoms with E-state index >= 15 is 0 Å². The number of hydrogen-bond acceptors (Lipinski definition) is 5. The smallest absolute Gasteiger partial charge is 0.270 e. The summed E-state index contributed by atoms with van der Waals surface area (Å²) in [4.78, 5) is 15.1. The minimum Gasteiger partial charge on any atom is -0.489 e. The summed E-state index contributed by atoms with van der Waals surface area (Å²) in [5.41, 5.74) is 3.78. The van der Waals surface area contributed by atoms with Gasteiger partial charge in [0.2, 0.25) is 5.95 Å². The molecule has 1 aromatic heterocycles. The second kappa shape index (κ2) is 9.13. The van der Waals surface area contributed by atoms with E-state index in [1.54, 1.807) is 18.3 Å². The van der Waals surface area contributed by atoms with E-state index in [0.29, 0.717) is 19.1 Å². The van der Waals surface area contributed by atoms with Gasteiger partial charge >= 0.3 is 0 Å². The molecule has 0 atom stereocenters. The Kier molecular flexibility index (Phi) is 5.93. The molecule has 4 aromatic rings. The Labute approximate surface area is 180 Å². The number of nitro benzene ring substituents is 1. The first-order valence-corrected chi connectivity index (χ1v) is 9.86. The average molecular weight is 414 g/mol. The highest BCUT2D eigenvalue weighted by molar-refractivity contribution is 5.64. The highest BCUT2D eigenvalue weighted by Gasteiger charge is 2.12. The SMILES string of the molecule is Cn1c(-c2cccc([N+](=O)[O-])c2)cnc1NCc1cccc(OCc2ccccc2)c1. The third-order valence-corrected chi connectivity index (χ3v) is 4.94. The zero-order valence-corrected chi connectivity index (χ0v) is 17.1. The van der Waals surface area contributed by atoms with Gasteiger partial charge in [0.15, 0.2) is 0 Å². The van der Waals surface area contributed by atoms with Crippen LogP contribution in [0.15, 0.2) is 85.1 Å². The summed E-state index contributed by atoms with van der Waals surface area (Å²) >= 11 is 0. The summed E-state index contributed by atoms with van der Waals surface area (Å²) in [5.74, 6) is 1.48. The van der Waals surface area contributed by atoms with E-state index in [0.717, 1.165) is 28.1 Å². The summed E-state index contributed by atoms with van der Waals surface area (Å²) < 4.78 is 7.78. The van der Waals surface area contributed by atoms with Crippen molar-refractivity contribution in [3.05, 3.63) is 106 Å². The Hall–Kier alpha value is -4.13. The van der Waals surface area contributed by atoms with E-state index in [1.165, 1.54) is 6.07 Å². The summed E-state index contributed by atoms with van der Waals surface area (Å²) in [6.07, 6.45) is 1.71. The van der Waals surface area contributed by atoms with Gasteiger partial charge in [0.1, 0.15) is 12.4 Å². The van der Waals surface area contributed by atoms with Gasteiger partial charge < -0.3 is 14.6 Å². The fraction of sp³-hybridized carbons (Fsp3) is 0.125.